The highest BCUT2D eigenvalue weighted by Crippen LogP contribution is 2.39. The zero-order valence-electron chi connectivity index (χ0n) is 14.0. The standard InChI is InChI=1S/C17H26N2O3/c1-16(2,21)11-19(5)15(20)18-13-10-17(3,4)22-14-9-7-6-8-12(13)14/h6-9,13,21H,10-11H2,1-5H3,(H,18,20). The van der Waals surface area contributed by atoms with Crippen LogP contribution in [0.1, 0.15) is 45.7 Å². The highest BCUT2D eigenvalue weighted by atomic mass is 16.5. The van der Waals surface area contributed by atoms with Crippen molar-refractivity contribution < 1.29 is 14.6 Å². The van der Waals surface area contributed by atoms with Gasteiger partial charge in [-0.1, -0.05) is 18.2 Å². The number of nitrogens with one attached hydrogen (secondary N) is 1. The minimum absolute atomic E-state index is 0.100. The molecule has 1 aliphatic heterocycles. The van der Waals surface area contributed by atoms with Gasteiger partial charge >= 0.3 is 6.03 Å². The Morgan fingerprint density at radius 1 is 1.45 bits per heavy atom. The van der Waals surface area contributed by atoms with Crippen LogP contribution in [0.5, 0.6) is 5.75 Å². The van der Waals surface area contributed by atoms with Crippen molar-refractivity contribution in [2.45, 2.75) is 51.4 Å². The molecule has 5 heteroatoms. The summed E-state index contributed by atoms with van der Waals surface area (Å²) in [5.74, 6) is 0.814. The van der Waals surface area contributed by atoms with Gasteiger partial charge < -0.3 is 20.1 Å². The molecular weight excluding hydrogens is 280 g/mol. The van der Waals surface area contributed by atoms with E-state index in [0.717, 1.165) is 11.3 Å². The molecule has 1 aliphatic rings. The van der Waals surface area contributed by atoms with Gasteiger partial charge in [0.05, 0.1) is 18.2 Å². The summed E-state index contributed by atoms with van der Waals surface area (Å²) in [7, 11) is 1.68. The van der Waals surface area contributed by atoms with E-state index < -0.39 is 5.60 Å². The molecule has 0 aliphatic carbocycles. The Balaban J connectivity index is 2.14. The van der Waals surface area contributed by atoms with Crippen LogP contribution >= 0.6 is 0 Å². The number of amides is 2. The van der Waals surface area contributed by atoms with E-state index in [1.165, 1.54) is 4.90 Å². The quantitative estimate of drug-likeness (QED) is 0.902. The Morgan fingerprint density at radius 3 is 2.73 bits per heavy atom. The Morgan fingerprint density at radius 2 is 2.09 bits per heavy atom. The van der Waals surface area contributed by atoms with Crippen molar-refractivity contribution >= 4 is 6.03 Å². The number of rotatable bonds is 3. The fraction of sp³-hybridized carbons (Fsp3) is 0.588. The molecule has 1 aromatic carbocycles. The molecule has 0 spiro atoms. The fourth-order valence-electron chi connectivity index (χ4n) is 2.84. The third-order valence-corrected chi connectivity index (χ3v) is 3.64. The molecule has 2 amide bonds. The summed E-state index contributed by atoms with van der Waals surface area (Å²) in [4.78, 5) is 13.9. The predicted octanol–water partition coefficient (Wildman–Crippen LogP) is 2.70. The average Bonchev–Trinajstić information content (AvgIpc) is 2.35. The SMILES string of the molecule is CN(CC(C)(C)O)C(=O)NC1CC(C)(C)Oc2ccccc21. The number of carbonyl (C=O) groups is 1. The first kappa shape index (κ1) is 16.6. The molecule has 5 nitrogen and oxygen atoms in total. The van der Waals surface area contributed by atoms with Crippen LogP contribution in [0, 0.1) is 0 Å². The molecule has 22 heavy (non-hydrogen) atoms. The van der Waals surface area contributed by atoms with Crippen molar-refractivity contribution in [1.29, 1.82) is 0 Å². The number of urea groups is 1. The first-order chi connectivity index (χ1) is 10.1. The molecule has 1 heterocycles. The Labute approximate surface area is 132 Å². The molecule has 1 unspecified atom stereocenters. The van der Waals surface area contributed by atoms with E-state index in [1.54, 1.807) is 20.9 Å². The summed E-state index contributed by atoms with van der Waals surface area (Å²) in [5.41, 5.74) is -0.257. The van der Waals surface area contributed by atoms with Crippen LogP contribution in [0.3, 0.4) is 0 Å². The first-order valence-electron chi connectivity index (χ1n) is 7.59. The van der Waals surface area contributed by atoms with E-state index in [4.69, 9.17) is 4.74 Å². The molecule has 0 fully saturated rings. The van der Waals surface area contributed by atoms with E-state index in [2.05, 4.69) is 5.32 Å². The summed E-state index contributed by atoms with van der Waals surface area (Å²) in [6, 6.07) is 7.48. The molecule has 0 saturated heterocycles. The summed E-state index contributed by atoms with van der Waals surface area (Å²) < 4.78 is 5.97. The zero-order chi connectivity index (χ0) is 16.5. The molecule has 1 aromatic rings. The lowest BCUT2D eigenvalue weighted by Gasteiger charge is -2.38. The van der Waals surface area contributed by atoms with Crippen molar-refractivity contribution in [2.75, 3.05) is 13.6 Å². The number of ether oxygens (including phenoxy) is 1. The molecule has 0 aromatic heterocycles. The van der Waals surface area contributed by atoms with Crippen molar-refractivity contribution in [3.8, 4) is 5.75 Å². The van der Waals surface area contributed by atoms with E-state index in [1.807, 2.05) is 38.1 Å². The minimum atomic E-state index is -0.918. The highest BCUT2D eigenvalue weighted by molar-refractivity contribution is 5.74. The monoisotopic (exact) mass is 306 g/mol. The number of benzene rings is 1. The molecule has 0 radical (unpaired) electrons. The van der Waals surface area contributed by atoms with Crippen LogP contribution in [0.2, 0.25) is 0 Å². The largest absolute Gasteiger partial charge is 0.487 e. The van der Waals surface area contributed by atoms with Crippen molar-refractivity contribution in [2.24, 2.45) is 0 Å². The van der Waals surface area contributed by atoms with Gasteiger partial charge in [0.1, 0.15) is 11.4 Å². The van der Waals surface area contributed by atoms with E-state index in [9.17, 15) is 9.90 Å². The minimum Gasteiger partial charge on any atom is -0.487 e. The average molecular weight is 306 g/mol. The number of carbonyl (C=O) groups excluding carboxylic acids is 1. The van der Waals surface area contributed by atoms with Gasteiger partial charge in [-0.25, -0.2) is 4.79 Å². The van der Waals surface area contributed by atoms with Gasteiger partial charge in [-0.15, -0.1) is 0 Å². The van der Waals surface area contributed by atoms with Crippen LogP contribution in [0.25, 0.3) is 0 Å². The van der Waals surface area contributed by atoms with Gasteiger partial charge in [0, 0.05) is 19.0 Å². The lowest BCUT2D eigenvalue weighted by Crippen LogP contribution is -2.48. The van der Waals surface area contributed by atoms with Gasteiger partial charge in [0.15, 0.2) is 0 Å². The van der Waals surface area contributed by atoms with E-state index >= 15 is 0 Å². The van der Waals surface area contributed by atoms with Gasteiger partial charge in [-0.3, -0.25) is 0 Å². The van der Waals surface area contributed by atoms with Crippen LogP contribution in [0.4, 0.5) is 4.79 Å². The topological polar surface area (TPSA) is 61.8 Å². The number of hydrogen-bond acceptors (Lipinski definition) is 3. The number of likely N-dealkylation sites (N-methyl/N-ethyl adjacent to an activating group) is 1. The maximum absolute atomic E-state index is 12.4. The molecule has 2 rings (SSSR count). The second-order valence-corrected chi connectivity index (χ2v) is 7.27. The Bertz CT molecular complexity index is 549. The summed E-state index contributed by atoms with van der Waals surface area (Å²) in [6.45, 7) is 7.67. The van der Waals surface area contributed by atoms with E-state index in [0.29, 0.717) is 6.42 Å². The second-order valence-electron chi connectivity index (χ2n) is 7.27. The summed E-state index contributed by atoms with van der Waals surface area (Å²) in [6.07, 6.45) is 0.701. The number of hydrogen-bond donors (Lipinski definition) is 2. The van der Waals surface area contributed by atoms with Crippen LogP contribution in [-0.4, -0.2) is 40.8 Å². The van der Waals surface area contributed by atoms with E-state index in [-0.39, 0.29) is 24.2 Å². The third-order valence-electron chi connectivity index (χ3n) is 3.64. The number of aliphatic hydroxyl groups is 1. The van der Waals surface area contributed by atoms with Gasteiger partial charge in [-0.05, 0) is 33.8 Å². The maximum atomic E-state index is 12.4. The summed E-state index contributed by atoms with van der Waals surface area (Å²) in [5, 5.41) is 12.9. The lowest BCUT2D eigenvalue weighted by molar-refractivity contribution is 0.0485. The second kappa shape index (κ2) is 5.80. The Kier molecular flexibility index (Phi) is 4.38. The lowest BCUT2D eigenvalue weighted by atomic mass is 9.90. The molecule has 1 atom stereocenters. The van der Waals surface area contributed by atoms with Gasteiger partial charge in [0.2, 0.25) is 0 Å². The third kappa shape index (κ3) is 4.13. The normalized spacial score (nSPS) is 19.8. The van der Waals surface area contributed by atoms with Gasteiger partial charge in [0.25, 0.3) is 0 Å². The highest BCUT2D eigenvalue weighted by Gasteiger charge is 2.35. The fourth-order valence-corrected chi connectivity index (χ4v) is 2.84. The van der Waals surface area contributed by atoms with Crippen LogP contribution in [0.15, 0.2) is 24.3 Å². The summed E-state index contributed by atoms with van der Waals surface area (Å²) >= 11 is 0. The predicted molar refractivity (Wildman–Crippen MR) is 86.0 cm³/mol. The molecule has 122 valence electrons. The smallest absolute Gasteiger partial charge is 0.317 e. The van der Waals surface area contributed by atoms with Crippen LogP contribution < -0.4 is 10.1 Å². The molecule has 0 saturated carbocycles. The van der Waals surface area contributed by atoms with Crippen molar-refractivity contribution in [3.05, 3.63) is 29.8 Å². The first-order valence-corrected chi connectivity index (χ1v) is 7.59. The maximum Gasteiger partial charge on any atom is 0.317 e. The van der Waals surface area contributed by atoms with Crippen LogP contribution in [-0.2, 0) is 0 Å². The zero-order valence-corrected chi connectivity index (χ0v) is 14.0. The molecule has 2 N–H and O–H groups in total. The molecular formula is C17H26N2O3. The number of nitrogens with zero attached hydrogens (tertiary/aromatic N) is 1. The molecule has 0 bridgehead atoms. The van der Waals surface area contributed by atoms with Gasteiger partial charge in [-0.2, -0.15) is 0 Å². The number of para-hydroxylation sites is 1. The number of fused-ring (bicyclic) bond motifs is 1. The van der Waals surface area contributed by atoms with Crippen molar-refractivity contribution in [1.82, 2.24) is 10.2 Å². The Hall–Kier alpha value is -1.75. The van der Waals surface area contributed by atoms with Crippen molar-refractivity contribution in [3.63, 3.8) is 0 Å².